The van der Waals surface area contributed by atoms with E-state index in [0.29, 0.717) is 0 Å². The first-order valence-electron chi connectivity index (χ1n) is 7.07. The first-order valence-corrected chi connectivity index (χ1v) is 7.07. The molecule has 2 rings (SSSR count). The van der Waals surface area contributed by atoms with Crippen molar-refractivity contribution < 1.29 is 4.79 Å². The smallest absolute Gasteiger partial charge is 0.251 e. The Bertz CT molecular complexity index is 468. The predicted molar refractivity (Wildman–Crippen MR) is 85.7 cm³/mol. The van der Waals surface area contributed by atoms with E-state index in [9.17, 15) is 4.79 Å². The van der Waals surface area contributed by atoms with Crippen LogP contribution in [0.4, 0.5) is 0 Å². The molecule has 0 unspecified atom stereocenters. The SMILES string of the molecule is Cc1cccc(C(=O)NCC2(C)CCNCC2)c1C.Cl. The molecule has 20 heavy (non-hydrogen) atoms. The summed E-state index contributed by atoms with van der Waals surface area (Å²) in [4.78, 5) is 12.3. The summed E-state index contributed by atoms with van der Waals surface area (Å²) in [6.45, 7) is 9.18. The lowest BCUT2D eigenvalue weighted by Gasteiger charge is -2.34. The van der Waals surface area contributed by atoms with Crippen molar-refractivity contribution in [2.75, 3.05) is 19.6 Å². The summed E-state index contributed by atoms with van der Waals surface area (Å²) >= 11 is 0. The molecule has 1 fully saturated rings. The number of hydrogen-bond donors (Lipinski definition) is 2. The first-order chi connectivity index (χ1) is 9.02. The molecular formula is C16H25ClN2O. The number of carbonyl (C=O) groups excluding carboxylic acids is 1. The summed E-state index contributed by atoms with van der Waals surface area (Å²) < 4.78 is 0. The van der Waals surface area contributed by atoms with E-state index in [2.05, 4.69) is 17.6 Å². The van der Waals surface area contributed by atoms with E-state index in [-0.39, 0.29) is 23.7 Å². The zero-order valence-corrected chi connectivity index (χ0v) is 13.4. The Labute approximate surface area is 127 Å². The van der Waals surface area contributed by atoms with Gasteiger partial charge in [0.1, 0.15) is 0 Å². The van der Waals surface area contributed by atoms with E-state index in [0.717, 1.165) is 43.6 Å². The van der Waals surface area contributed by atoms with Crippen molar-refractivity contribution in [3.8, 4) is 0 Å². The van der Waals surface area contributed by atoms with Gasteiger partial charge in [0.05, 0.1) is 0 Å². The fourth-order valence-electron chi connectivity index (χ4n) is 2.59. The van der Waals surface area contributed by atoms with Gasteiger partial charge in [-0.15, -0.1) is 12.4 Å². The predicted octanol–water partition coefficient (Wildman–Crippen LogP) is 2.84. The Morgan fingerprint density at radius 2 is 1.95 bits per heavy atom. The Balaban J connectivity index is 0.00000200. The van der Waals surface area contributed by atoms with Crippen LogP contribution in [-0.4, -0.2) is 25.5 Å². The molecule has 1 aromatic rings. The minimum atomic E-state index is 0. The largest absolute Gasteiger partial charge is 0.351 e. The van der Waals surface area contributed by atoms with Crippen LogP contribution < -0.4 is 10.6 Å². The average molecular weight is 297 g/mol. The maximum absolute atomic E-state index is 12.3. The highest BCUT2D eigenvalue weighted by Crippen LogP contribution is 2.26. The number of halogens is 1. The summed E-state index contributed by atoms with van der Waals surface area (Å²) in [7, 11) is 0. The number of amides is 1. The van der Waals surface area contributed by atoms with Crippen LogP contribution in [0.3, 0.4) is 0 Å². The number of carbonyl (C=O) groups is 1. The van der Waals surface area contributed by atoms with Crippen LogP contribution in [0.2, 0.25) is 0 Å². The number of benzene rings is 1. The Hall–Kier alpha value is -1.06. The molecule has 0 atom stereocenters. The van der Waals surface area contributed by atoms with E-state index >= 15 is 0 Å². The molecule has 1 saturated heterocycles. The molecule has 0 bridgehead atoms. The summed E-state index contributed by atoms with van der Waals surface area (Å²) in [5.74, 6) is 0.0564. The molecule has 4 heteroatoms. The molecule has 0 radical (unpaired) electrons. The molecule has 2 N–H and O–H groups in total. The Morgan fingerprint density at radius 3 is 2.60 bits per heavy atom. The van der Waals surface area contributed by atoms with Crippen LogP contribution in [0.25, 0.3) is 0 Å². The van der Waals surface area contributed by atoms with Gasteiger partial charge in [-0.1, -0.05) is 19.1 Å². The third-order valence-corrected chi connectivity index (χ3v) is 4.34. The van der Waals surface area contributed by atoms with Gasteiger partial charge in [0.25, 0.3) is 5.91 Å². The number of hydrogen-bond acceptors (Lipinski definition) is 2. The molecule has 1 aromatic carbocycles. The average Bonchev–Trinajstić information content (AvgIpc) is 2.40. The summed E-state index contributed by atoms with van der Waals surface area (Å²) in [6, 6.07) is 5.89. The monoisotopic (exact) mass is 296 g/mol. The second-order valence-corrected chi connectivity index (χ2v) is 5.99. The number of nitrogens with one attached hydrogen (secondary N) is 2. The quantitative estimate of drug-likeness (QED) is 0.900. The maximum atomic E-state index is 12.3. The molecule has 112 valence electrons. The lowest BCUT2D eigenvalue weighted by molar-refractivity contribution is 0.0921. The summed E-state index contributed by atoms with van der Waals surface area (Å²) in [5.41, 5.74) is 3.28. The van der Waals surface area contributed by atoms with Gasteiger partial charge in [0.15, 0.2) is 0 Å². The third-order valence-electron chi connectivity index (χ3n) is 4.34. The number of aryl methyl sites for hydroxylation is 1. The highest BCUT2D eigenvalue weighted by Gasteiger charge is 2.27. The van der Waals surface area contributed by atoms with Gasteiger partial charge in [-0.25, -0.2) is 0 Å². The van der Waals surface area contributed by atoms with Crippen LogP contribution in [-0.2, 0) is 0 Å². The Morgan fingerprint density at radius 1 is 1.30 bits per heavy atom. The molecule has 1 amide bonds. The van der Waals surface area contributed by atoms with E-state index in [1.807, 2.05) is 32.0 Å². The lowest BCUT2D eigenvalue weighted by atomic mass is 9.81. The van der Waals surface area contributed by atoms with Crippen LogP contribution >= 0.6 is 12.4 Å². The van der Waals surface area contributed by atoms with Crippen molar-refractivity contribution in [3.05, 3.63) is 34.9 Å². The van der Waals surface area contributed by atoms with Crippen molar-refractivity contribution in [1.82, 2.24) is 10.6 Å². The molecule has 1 aliphatic rings. The lowest BCUT2D eigenvalue weighted by Crippen LogP contribution is -2.43. The van der Waals surface area contributed by atoms with E-state index in [1.54, 1.807) is 0 Å². The van der Waals surface area contributed by atoms with Gasteiger partial charge >= 0.3 is 0 Å². The van der Waals surface area contributed by atoms with Gasteiger partial charge < -0.3 is 10.6 Å². The van der Waals surface area contributed by atoms with Crippen molar-refractivity contribution in [3.63, 3.8) is 0 Å². The fraction of sp³-hybridized carbons (Fsp3) is 0.562. The number of piperidine rings is 1. The maximum Gasteiger partial charge on any atom is 0.251 e. The molecule has 0 saturated carbocycles. The third kappa shape index (κ3) is 3.97. The summed E-state index contributed by atoms with van der Waals surface area (Å²) in [5, 5.41) is 6.47. The zero-order valence-electron chi connectivity index (χ0n) is 12.6. The van der Waals surface area contributed by atoms with Crippen molar-refractivity contribution >= 4 is 18.3 Å². The van der Waals surface area contributed by atoms with Crippen LogP contribution in [0.1, 0.15) is 41.3 Å². The van der Waals surface area contributed by atoms with Crippen molar-refractivity contribution in [1.29, 1.82) is 0 Å². The topological polar surface area (TPSA) is 41.1 Å². The Kier molecular flexibility index (Phi) is 6.03. The molecule has 1 aliphatic heterocycles. The fourth-order valence-corrected chi connectivity index (χ4v) is 2.59. The van der Waals surface area contributed by atoms with Gasteiger partial charge in [0.2, 0.25) is 0 Å². The molecule has 0 aliphatic carbocycles. The highest BCUT2D eigenvalue weighted by atomic mass is 35.5. The molecule has 3 nitrogen and oxygen atoms in total. The van der Waals surface area contributed by atoms with Gasteiger partial charge in [-0.2, -0.15) is 0 Å². The first kappa shape index (κ1) is 17.0. The van der Waals surface area contributed by atoms with Crippen LogP contribution in [0, 0.1) is 19.3 Å². The normalized spacial score (nSPS) is 17.1. The minimum Gasteiger partial charge on any atom is -0.351 e. The van der Waals surface area contributed by atoms with Crippen LogP contribution in [0.15, 0.2) is 18.2 Å². The van der Waals surface area contributed by atoms with Crippen molar-refractivity contribution in [2.24, 2.45) is 5.41 Å². The summed E-state index contributed by atoms with van der Waals surface area (Å²) in [6.07, 6.45) is 2.25. The van der Waals surface area contributed by atoms with E-state index in [1.165, 1.54) is 5.56 Å². The second-order valence-electron chi connectivity index (χ2n) is 5.99. The molecule has 0 aromatic heterocycles. The number of rotatable bonds is 3. The van der Waals surface area contributed by atoms with E-state index < -0.39 is 0 Å². The molecule has 0 spiro atoms. The standard InChI is InChI=1S/C16H24N2O.ClH/c1-12-5-4-6-14(13(12)2)15(19)18-11-16(3)7-9-17-10-8-16;/h4-6,17H,7-11H2,1-3H3,(H,18,19);1H. The van der Waals surface area contributed by atoms with Gasteiger partial charge in [-0.05, 0) is 62.4 Å². The molecule has 1 heterocycles. The van der Waals surface area contributed by atoms with Crippen LogP contribution in [0.5, 0.6) is 0 Å². The minimum absolute atomic E-state index is 0. The van der Waals surface area contributed by atoms with Crippen molar-refractivity contribution in [2.45, 2.75) is 33.6 Å². The van der Waals surface area contributed by atoms with E-state index in [4.69, 9.17) is 0 Å². The molecular weight excluding hydrogens is 272 g/mol. The van der Waals surface area contributed by atoms with Gasteiger partial charge in [0, 0.05) is 12.1 Å². The zero-order chi connectivity index (χ0) is 13.9. The second kappa shape index (κ2) is 7.09. The van der Waals surface area contributed by atoms with Gasteiger partial charge in [-0.3, -0.25) is 4.79 Å². The highest BCUT2D eigenvalue weighted by molar-refractivity contribution is 5.95.